The first kappa shape index (κ1) is 39.0. The molecule has 1 amide bonds. The van der Waals surface area contributed by atoms with E-state index in [1.54, 1.807) is 36.5 Å². The number of rotatable bonds is 13. The Kier molecular flexibility index (Phi) is 13.7. The van der Waals surface area contributed by atoms with E-state index >= 15 is 0 Å². The first-order valence-electron chi connectivity index (χ1n) is 17.8. The smallest absolute Gasteiger partial charge is 0.246 e. The Hall–Kier alpha value is -5.18. The lowest BCUT2D eigenvalue weighted by Gasteiger charge is -2.34. The van der Waals surface area contributed by atoms with Crippen molar-refractivity contribution in [2.45, 2.75) is 47.3 Å². The van der Waals surface area contributed by atoms with Crippen LogP contribution in [0.15, 0.2) is 103 Å². The first-order chi connectivity index (χ1) is 25.2. The monoisotopic (exact) mass is 735 g/mol. The summed E-state index contributed by atoms with van der Waals surface area (Å²) in [7, 11) is 0. The molecule has 0 atom stereocenters. The second kappa shape index (κ2) is 18.5. The predicted octanol–water partition coefficient (Wildman–Crippen LogP) is 9.23. The number of carbonyl (C=O) groups is 1. The van der Waals surface area contributed by atoms with Crippen LogP contribution in [0, 0.1) is 33.5 Å². The number of ether oxygens (including phenoxy) is 3. The molecule has 5 aromatic rings. The van der Waals surface area contributed by atoms with Gasteiger partial charge < -0.3 is 19.1 Å². The molecule has 0 aliphatic carbocycles. The van der Waals surface area contributed by atoms with Gasteiger partial charge in [0, 0.05) is 51.3 Å². The van der Waals surface area contributed by atoms with Crippen LogP contribution in [-0.2, 0) is 24.4 Å². The van der Waals surface area contributed by atoms with Crippen molar-refractivity contribution >= 4 is 24.4 Å². The van der Waals surface area contributed by atoms with Crippen molar-refractivity contribution < 1.29 is 23.4 Å². The Labute approximate surface area is 318 Å². The van der Waals surface area contributed by atoms with Gasteiger partial charge in [-0.2, -0.15) is 0 Å². The van der Waals surface area contributed by atoms with Crippen molar-refractivity contribution in [2.24, 2.45) is 0 Å². The Morgan fingerprint density at radius 1 is 0.774 bits per heavy atom. The molecular formula is C44H47ClFN3O4. The van der Waals surface area contributed by atoms with Crippen LogP contribution in [0.5, 0.6) is 23.1 Å². The van der Waals surface area contributed by atoms with E-state index in [0.29, 0.717) is 37.9 Å². The molecule has 0 unspecified atom stereocenters. The molecule has 9 heteroatoms. The number of nitrogens with zero attached hydrogens (tertiary/aromatic N) is 3. The van der Waals surface area contributed by atoms with Crippen molar-refractivity contribution in [3.63, 3.8) is 0 Å². The van der Waals surface area contributed by atoms with Gasteiger partial charge in [0.15, 0.2) is 0 Å². The number of aryl methyl sites for hydroxylation is 4. The van der Waals surface area contributed by atoms with Crippen LogP contribution >= 0.6 is 12.4 Å². The summed E-state index contributed by atoms with van der Waals surface area (Å²) in [6, 6.07) is 28.7. The third kappa shape index (κ3) is 11.2. The summed E-state index contributed by atoms with van der Waals surface area (Å²) in [5, 5.41) is 0. The van der Waals surface area contributed by atoms with Crippen LogP contribution in [-0.4, -0.2) is 53.5 Å². The first-order valence-corrected chi connectivity index (χ1v) is 17.8. The molecule has 1 aliphatic rings. The van der Waals surface area contributed by atoms with E-state index in [4.69, 9.17) is 14.2 Å². The van der Waals surface area contributed by atoms with Crippen LogP contribution in [0.3, 0.4) is 0 Å². The zero-order valence-electron chi connectivity index (χ0n) is 30.8. The summed E-state index contributed by atoms with van der Waals surface area (Å²) in [5.74, 6) is 2.42. The van der Waals surface area contributed by atoms with Crippen LogP contribution in [0.4, 0.5) is 4.39 Å². The second-order valence-electron chi connectivity index (χ2n) is 13.4. The number of piperazine rings is 1. The predicted molar refractivity (Wildman–Crippen MR) is 211 cm³/mol. The van der Waals surface area contributed by atoms with Crippen LogP contribution in [0.25, 0.3) is 6.08 Å². The number of carbonyl (C=O) groups excluding carboxylic acids is 1. The van der Waals surface area contributed by atoms with Gasteiger partial charge in [0.1, 0.15) is 29.7 Å². The number of amides is 1. The highest BCUT2D eigenvalue weighted by molar-refractivity contribution is 5.92. The zero-order chi connectivity index (χ0) is 36.5. The van der Waals surface area contributed by atoms with Crippen LogP contribution < -0.4 is 14.2 Å². The van der Waals surface area contributed by atoms with Gasteiger partial charge in [0.2, 0.25) is 11.8 Å². The highest BCUT2D eigenvalue weighted by Crippen LogP contribution is 2.30. The number of benzene rings is 4. The molecule has 0 bridgehead atoms. The minimum absolute atomic E-state index is 0. The lowest BCUT2D eigenvalue weighted by atomic mass is 10.0. The molecule has 276 valence electrons. The van der Waals surface area contributed by atoms with Gasteiger partial charge in [0.25, 0.3) is 0 Å². The summed E-state index contributed by atoms with van der Waals surface area (Å²) in [5.41, 5.74) is 8.80. The van der Waals surface area contributed by atoms with E-state index in [1.807, 2.05) is 49.1 Å². The van der Waals surface area contributed by atoms with Crippen molar-refractivity contribution in [1.29, 1.82) is 0 Å². The number of halogens is 2. The maximum absolute atomic E-state index is 13.1. The zero-order valence-corrected chi connectivity index (χ0v) is 31.6. The van der Waals surface area contributed by atoms with Crippen LogP contribution in [0.2, 0.25) is 0 Å². The Balaban J connectivity index is 0.00000541. The number of pyridine rings is 1. The third-order valence-electron chi connectivity index (χ3n) is 9.29. The standard InChI is InChI=1S/C44H46FN3O4.ClH/c1-31-5-14-40(15-6-31)50-24-19-38-11-7-37(25-32(38)2)29-47-20-22-48(23-21-47)43(49)18-10-36-26-33(3)44(34(4)27-36)52-42-17-16-41(28-46-42)51-30-35-8-12-39(45)13-9-35;/h5-18,25-28H,19-24,29-30H2,1-4H3;1H/b18-10+;. The fourth-order valence-electron chi connectivity index (χ4n) is 6.31. The number of aromatic nitrogens is 1. The van der Waals surface area contributed by atoms with Gasteiger partial charge in [-0.25, -0.2) is 9.37 Å². The minimum atomic E-state index is -0.277. The van der Waals surface area contributed by atoms with E-state index in [0.717, 1.165) is 59.8 Å². The summed E-state index contributed by atoms with van der Waals surface area (Å²) in [6.07, 6.45) is 6.02. The fourth-order valence-corrected chi connectivity index (χ4v) is 6.31. The number of hydrogen-bond acceptors (Lipinski definition) is 6. The SMILES string of the molecule is Cc1ccc(OCCc2ccc(CN3CCN(C(=O)/C=C/c4cc(C)c(Oc5ccc(OCc6ccc(F)cc6)cn5)c(C)c4)CC3)cc2C)cc1.Cl. The summed E-state index contributed by atoms with van der Waals surface area (Å²) < 4.78 is 31.0. The fraction of sp³-hybridized carbons (Fsp3) is 0.273. The highest BCUT2D eigenvalue weighted by atomic mass is 35.5. The van der Waals surface area contributed by atoms with E-state index in [9.17, 15) is 9.18 Å². The summed E-state index contributed by atoms with van der Waals surface area (Å²) >= 11 is 0. The van der Waals surface area contributed by atoms with Crippen molar-refractivity contribution in [3.8, 4) is 23.1 Å². The molecule has 7 nitrogen and oxygen atoms in total. The Bertz CT molecular complexity index is 1970. The molecule has 0 spiro atoms. The normalized spacial score (nSPS) is 13.1. The molecule has 1 aliphatic heterocycles. The topological polar surface area (TPSA) is 64.1 Å². The summed E-state index contributed by atoms with van der Waals surface area (Å²) in [6.45, 7) is 13.1. The lowest BCUT2D eigenvalue weighted by Crippen LogP contribution is -2.47. The van der Waals surface area contributed by atoms with Gasteiger partial charge in [0.05, 0.1) is 12.8 Å². The quantitative estimate of drug-likeness (QED) is 0.112. The molecule has 53 heavy (non-hydrogen) atoms. The largest absolute Gasteiger partial charge is 0.493 e. The second-order valence-corrected chi connectivity index (χ2v) is 13.4. The molecule has 6 rings (SSSR count). The number of hydrogen-bond donors (Lipinski definition) is 0. The van der Waals surface area contributed by atoms with Gasteiger partial charge >= 0.3 is 0 Å². The van der Waals surface area contributed by atoms with Gasteiger partial charge in [-0.05, 0) is 115 Å². The van der Waals surface area contributed by atoms with Crippen molar-refractivity contribution in [1.82, 2.24) is 14.8 Å². The lowest BCUT2D eigenvalue weighted by molar-refractivity contribution is -0.127. The maximum atomic E-state index is 13.1. The Morgan fingerprint density at radius 3 is 2.11 bits per heavy atom. The van der Waals surface area contributed by atoms with Crippen LogP contribution in [0.1, 0.15) is 44.5 Å². The molecule has 1 aromatic heterocycles. The molecule has 4 aromatic carbocycles. The molecular weight excluding hydrogens is 689 g/mol. The van der Waals surface area contributed by atoms with E-state index in [1.165, 1.54) is 34.4 Å². The van der Waals surface area contributed by atoms with Gasteiger partial charge in [-0.1, -0.05) is 48.0 Å². The molecule has 0 saturated carbocycles. The molecule has 2 heterocycles. The van der Waals surface area contributed by atoms with Gasteiger partial charge in [-0.15, -0.1) is 12.4 Å². The molecule has 0 N–H and O–H groups in total. The van der Waals surface area contributed by atoms with Crippen molar-refractivity contribution in [2.75, 3.05) is 32.8 Å². The van der Waals surface area contributed by atoms with Crippen molar-refractivity contribution in [3.05, 3.63) is 154 Å². The Morgan fingerprint density at radius 2 is 1.45 bits per heavy atom. The molecule has 1 fully saturated rings. The van der Waals surface area contributed by atoms with Gasteiger partial charge in [-0.3, -0.25) is 9.69 Å². The van der Waals surface area contributed by atoms with E-state index in [2.05, 4.69) is 54.1 Å². The highest BCUT2D eigenvalue weighted by Gasteiger charge is 2.20. The third-order valence-corrected chi connectivity index (χ3v) is 9.29. The molecule has 0 radical (unpaired) electrons. The van der Waals surface area contributed by atoms with E-state index in [-0.39, 0.29) is 24.1 Å². The molecule has 1 saturated heterocycles. The maximum Gasteiger partial charge on any atom is 0.246 e. The average Bonchev–Trinajstić information content (AvgIpc) is 3.14. The summed E-state index contributed by atoms with van der Waals surface area (Å²) in [4.78, 5) is 21.8. The average molecular weight is 736 g/mol. The minimum Gasteiger partial charge on any atom is -0.493 e. The van der Waals surface area contributed by atoms with E-state index < -0.39 is 0 Å².